The molecule has 2 N–H and O–H groups in total. The van der Waals surface area contributed by atoms with Gasteiger partial charge in [0.2, 0.25) is 5.91 Å². The highest BCUT2D eigenvalue weighted by Gasteiger charge is 2.23. The van der Waals surface area contributed by atoms with Crippen LogP contribution in [0.15, 0.2) is 30.3 Å². The van der Waals surface area contributed by atoms with Crippen LogP contribution in [0.1, 0.15) is 32.6 Å². The summed E-state index contributed by atoms with van der Waals surface area (Å²) in [6.07, 6.45) is 2.89. The first-order chi connectivity index (χ1) is 11.7. The van der Waals surface area contributed by atoms with Crippen LogP contribution in [0, 0.1) is 0 Å². The molecule has 0 unspecified atom stereocenters. The van der Waals surface area contributed by atoms with Gasteiger partial charge in [-0.1, -0.05) is 25.1 Å². The standard InChI is InChI=1S/C18H27N3O3/c1-2-11-19-18(23)20-15-8-12-21(13-9-15)17(22)10-14-24-16-6-4-3-5-7-16/h3-7,15H,2,8-14H2,1H3,(H2,19,20,23). The van der Waals surface area contributed by atoms with Crippen LogP contribution in [0.3, 0.4) is 0 Å². The Morgan fingerprint density at radius 1 is 1.21 bits per heavy atom. The minimum Gasteiger partial charge on any atom is -0.493 e. The average Bonchev–Trinajstić information content (AvgIpc) is 2.61. The molecule has 0 radical (unpaired) electrons. The number of amides is 3. The van der Waals surface area contributed by atoms with Gasteiger partial charge in [-0.15, -0.1) is 0 Å². The molecule has 132 valence electrons. The fourth-order valence-corrected chi connectivity index (χ4v) is 2.68. The van der Waals surface area contributed by atoms with Crippen molar-refractivity contribution in [1.29, 1.82) is 0 Å². The lowest BCUT2D eigenvalue weighted by Gasteiger charge is -2.32. The van der Waals surface area contributed by atoms with Crippen LogP contribution >= 0.6 is 0 Å². The highest BCUT2D eigenvalue weighted by molar-refractivity contribution is 5.76. The Balaban J connectivity index is 1.62. The number of rotatable bonds is 7. The number of carbonyl (C=O) groups is 2. The van der Waals surface area contributed by atoms with Crippen molar-refractivity contribution in [3.63, 3.8) is 0 Å². The Labute approximate surface area is 143 Å². The van der Waals surface area contributed by atoms with E-state index in [-0.39, 0.29) is 18.0 Å². The van der Waals surface area contributed by atoms with Gasteiger partial charge in [-0.05, 0) is 31.4 Å². The molecule has 0 aromatic heterocycles. The summed E-state index contributed by atoms with van der Waals surface area (Å²) in [6, 6.07) is 9.54. The minimum absolute atomic E-state index is 0.111. The minimum atomic E-state index is -0.113. The number of benzene rings is 1. The van der Waals surface area contributed by atoms with Crippen molar-refractivity contribution in [2.45, 2.75) is 38.6 Å². The van der Waals surface area contributed by atoms with Gasteiger partial charge in [0, 0.05) is 25.7 Å². The average molecular weight is 333 g/mol. The van der Waals surface area contributed by atoms with Gasteiger partial charge in [0.25, 0.3) is 0 Å². The molecule has 0 saturated carbocycles. The third-order valence-electron chi connectivity index (χ3n) is 4.05. The first-order valence-electron chi connectivity index (χ1n) is 8.69. The number of piperidine rings is 1. The van der Waals surface area contributed by atoms with Crippen LogP contribution in [0.2, 0.25) is 0 Å². The first-order valence-corrected chi connectivity index (χ1v) is 8.69. The highest BCUT2D eigenvalue weighted by atomic mass is 16.5. The zero-order valence-electron chi connectivity index (χ0n) is 14.3. The largest absolute Gasteiger partial charge is 0.493 e. The summed E-state index contributed by atoms with van der Waals surface area (Å²) in [5.41, 5.74) is 0. The van der Waals surface area contributed by atoms with E-state index in [1.165, 1.54) is 0 Å². The molecule has 0 atom stereocenters. The third-order valence-corrected chi connectivity index (χ3v) is 4.05. The summed E-state index contributed by atoms with van der Waals surface area (Å²) in [4.78, 5) is 25.7. The zero-order chi connectivity index (χ0) is 17.2. The van der Waals surface area contributed by atoms with Crippen molar-refractivity contribution in [2.24, 2.45) is 0 Å². The van der Waals surface area contributed by atoms with E-state index in [2.05, 4.69) is 10.6 Å². The summed E-state index contributed by atoms with van der Waals surface area (Å²) in [6.45, 7) is 4.46. The molecule has 1 fully saturated rings. The molecule has 1 aromatic carbocycles. The van der Waals surface area contributed by atoms with Crippen molar-refractivity contribution < 1.29 is 14.3 Å². The van der Waals surface area contributed by atoms with Gasteiger partial charge < -0.3 is 20.3 Å². The molecule has 0 bridgehead atoms. The fraction of sp³-hybridized carbons (Fsp3) is 0.556. The molecule has 0 aliphatic carbocycles. The summed E-state index contributed by atoms with van der Waals surface area (Å²) >= 11 is 0. The number of nitrogens with zero attached hydrogens (tertiary/aromatic N) is 1. The quantitative estimate of drug-likeness (QED) is 0.803. The van der Waals surface area contributed by atoms with Gasteiger partial charge in [0.15, 0.2) is 0 Å². The molecule has 6 nitrogen and oxygen atoms in total. The summed E-state index contributed by atoms with van der Waals surface area (Å²) < 4.78 is 5.57. The maximum atomic E-state index is 12.2. The van der Waals surface area contributed by atoms with Gasteiger partial charge in [0.1, 0.15) is 5.75 Å². The van der Waals surface area contributed by atoms with Crippen molar-refractivity contribution in [3.8, 4) is 5.75 Å². The number of likely N-dealkylation sites (tertiary alicyclic amines) is 1. The zero-order valence-corrected chi connectivity index (χ0v) is 14.3. The number of hydrogen-bond donors (Lipinski definition) is 2. The van der Waals surface area contributed by atoms with E-state index < -0.39 is 0 Å². The predicted molar refractivity (Wildman–Crippen MR) is 93.0 cm³/mol. The molecule has 2 rings (SSSR count). The van der Waals surface area contributed by atoms with Crippen LogP contribution in [0.25, 0.3) is 0 Å². The number of para-hydroxylation sites is 1. The number of urea groups is 1. The molecule has 1 aromatic rings. The van der Waals surface area contributed by atoms with Crippen molar-refractivity contribution in [3.05, 3.63) is 30.3 Å². The van der Waals surface area contributed by atoms with E-state index in [0.717, 1.165) is 25.0 Å². The molecule has 3 amide bonds. The van der Waals surface area contributed by atoms with Gasteiger partial charge in [0.05, 0.1) is 13.0 Å². The van der Waals surface area contributed by atoms with Gasteiger partial charge >= 0.3 is 6.03 Å². The van der Waals surface area contributed by atoms with Crippen molar-refractivity contribution in [2.75, 3.05) is 26.2 Å². The van der Waals surface area contributed by atoms with Crippen molar-refractivity contribution in [1.82, 2.24) is 15.5 Å². The Morgan fingerprint density at radius 3 is 2.58 bits per heavy atom. The summed E-state index contributed by atoms with van der Waals surface area (Å²) in [5, 5.41) is 5.78. The van der Waals surface area contributed by atoms with E-state index in [4.69, 9.17) is 4.74 Å². The van der Waals surface area contributed by atoms with Gasteiger partial charge in [-0.3, -0.25) is 4.79 Å². The smallest absolute Gasteiger partial charge is 0.315 e. The summed E-state index contributed by atoms with van der Waals surface area (Å²) in [7, 11) is 0. The summed E-state index contributed by atoms with van der Waals surface area (Å²) in [5.74, 6) is 0.895. The lowest BCUT2D eigenvalue weighted by Crippen LogP contribution is -2.49. The Morgan fingerprint density at radius 2 is 1.92 bits per heavy atom. The molecule has 24 heavy (non-hydrogen) atoms. The van der Waals surface area contributed by atoms with Crippen LogP contribution in [-0.4, -0.2) is 49.1 Å². The third kappa shape index (κ3) is 6.10. The second kappa shape index (κ2) is 9.80. The van der Waals surface area contributed by atoms with Crippen LogP contribution in [0.5, 0.6) is 5.75 Å². The number of ether oxygens (including phenoxy) is 1. The predicted octanol–water partition coefficient (Wildman–Crippen LogP) is 2.16. The Kier molecular flexibility index (Phi) is 7.39. The second-order valence-electron chi connectivity index (χ2n) is 5.97. The lowest BCUT2D eigenvalue weighted by atomic mass is 10.0. The second-order valence-corrected chi connectivity index (χ2v) is 5.97. The van der Waals surface area contributed by atoms with Gasteiger partial charge in [-0.25, -0.2) is 4.79 Å². The van der Waals surface area contributed by atoms with Crippen molar-refractivity contribution >= 4 is 11.9 Å². The van der Waals surface area contributed by atoms with Gasteiger partial charge in [-0.2, -0.15) is 0 Å². The number of carbonyl (C=O) groups excluding carboxylic acids is 2. The monoisotopic (exact) mass is 333 g/mol. The van der Waals surface area contributed by atoms with E-state index in [1.807, 2.05) is 42.2 Å². The van der Waals surface area contributed by atoms with Crippen LogP contribution in [0.4, 0.5) is 4.79 Å². The van der Waals surface area contributed by atoms with Crippen LogP contribution < -0.4 is 15.4 Å². The molecule has 1 heterocycles. The normalized spacial score (nSPS) is 15.0. The molecular formula is C18H27N3O3. The number of nitrogens with one attached hydrogen (secondary N) is 2. The Bertz CT molecular complexity index is 514. The molecular weight excluding hydrogens is 306 g/mol. The van der Waals surface area contributed by atoms with E-state index in [0.29, 0.717) is 32.7 Å². The SMILES string of the molecule is CCCNC(=O)NC1CCN(C(=O)CCOc2ccccc2)CC1. The fourth-order valence-electron chi connectivity index (χ4n) is 2.68. The maximum absolute atomic E-state index is 12.2. The molecule has 6 heteroatoms. The van der Waals surface area contributed by atoms with E-state index in [1.54, 1.807) is 0 Å². The molecule has 0 spiro atoms. The Hall–Kier alpha value is -2.24. The van der Waals surface area contributed by atoms with Crippen LogP contribution in [-0.2, 0) is 4.79 Å². The molecule has 1 saturated heterocycles. The highest BCUT2D eigenvalue weighted by Crippen LogP contribution is 2.13. The van der Waals surface area contributed by atoms with E-state index in [9.17, 15) is 9.59 Å². The number of hydrogen-bond acceptors (Lipinski definition) is 3. The first kappa shape index (κ1) is 18.1. The maximum Gasteiger partial charge on any atom is 0.315 e. The lowest BCUT2D eigenvalue weighted by molar-refractivity contribution is -0.132. The molecule has 1 aliphatic rings. The molecule has 1 aliphatic heterocycles. The topological polar surface area (TPSA) is 70.7 Å². The van der Waals surface area contributed by atoms with E-state index >= 15 is 0 Å².